The fourth-order valence-electron chi connectivity index (χ4n) is 4.26. The molecule has 4 rings (SSSR count). The molecule has 170 valence electrons. The number of hydrogen-bond donors (Lipinski definition) is 0. The molecule has 2 heterocycles. The standard InChI is InChI=1S/C24H29N3O5/c1-3-25(15-19-16-31-22-6-4-5-7-23(22)32-19)24(28)18-8-9-20(21(14-18)27(29)30)26-12-10-17(2)11-13-26/h4-9,14,17,19H,3,10-13,15-16H2,1-2H3. The predicted molar refractivity (Wildman–Crippen MR) is 122 cm³/mol. The van der Waals surface area contributed by atoms with Crippen LogP contribution in [0.3, 0.4) is 0 Å². The Bertz CT molecular complexity index is 987. The second-order valence-corrected chi connectivity index (χ2v) is 8.47. The zero-order valence-corrected chi connectivity index (χ0v) is 18.5. The van der Waals surface area contributed by atoms with Crippen molar-refractivity contribution in [3.8, 4) is 11.5 Å². The summed E-state index contributed by atoms with van der Waals surface area (Å²) >= 11 is 0. The molecule has 2 aromatic rings. The van der Waals surface area contributed by atoms with Crippen LogP contribution in [0.25, 0.3) is 0 Å². The molecule has 1 saturated heterocycles. The van der Waals surface area contributed by atoms with Crippen LogP contribution in [0, 0.1) is 16.0 Å². The van der Waals surface area contributed by atoms with E-state index in [1.54, 1.807) is 17.0 Å². The highest BCUT2D eigenvalue weighted by atomic mass is 16.6. The summed E-state index contributed by atoms with van der Waals surface area (Å²) in [5, 5.41) is 11.8. The highest BCUT2D eigenvalue weighted by Gasteiger charge is 2.28. The molecule has 1 fully saturated rings. The van der Waals surface area contributed by atoms with Gasteiger partial charge in [-0.05, 0) is 49.9 Å². The van der Waals surface area contributed by atoms with E-state index in [4.69, 9.17) is 9.47 Å². The Morgan fingerprint density at radius 1 is 1.19 bits per heavy atom. The van der Waals surface area contributed by atoms with Crippen molar-refractivity contribution in [2.24, 2.45) is 5.92 Å². The van der Waals surface area contributed by atoms with Gasteiger partial charge in [-0.15, -0.1) is 0 Å². The van der Waals surface area contributed by atoms with Gasteiger partial charge in [-0.2, -0.15) is 0 Å². The number of nitrogens with zero attached hydrogens (tertiary/aromatic N) is 3. The number of nitro benzene ring substituents is 1. The molecule has 8 heteroatoms. The number of rotatable bonds is 6. The Hall–Kier alpha value is -3.29. The third-order valence-electron chi connectivity index (χ3n) is 6.20. The van der Waals surface area contributed by atoms with Gasteiger partial charge in [-0.3, -0.25) is 14.9 Å². The summed E-state index contributed by atoms with van der Waals surface area (Å²) in [5.74, 6) is 1.72. The number of ether oxygens (including phenoxy) is 2. The molecule has 0 aromatic heterocycles. The maximum Gasteiger partial charge on any atom is 0.293 e. The lowest BCUT2D eigenvalue weighted by Gasteiger charge is -2.32. The Balaban J connectivity index is 1.50. The first kappa shape index (κ1) is 21.9. The minimum atomic E-state index is -0.393. The number of para-hydroxylation sites is 2. The van der Waals surface area contributed by atoms with Crippen LogP contribution in [0.1, 0.15) is 37.0 Å². The average molecular weight is 440 g/mol. The summed E-state index contributed by atoms with van der Waals surface area (Å²) in [6, 6.07) is 12.2. The molecule has 0 bridgehead atoms. The number of carbonyl (C=O) groups is 1. The Labute approximate surface area is 187 Å². The van der Waals surface area contributed by atoms with Crippen molar-refractivity contribution in [1.29, 1.82) is 0 Å². The minimum Gasteiger partial charge on any atom is -0.486 e. The van der Waals surface area contributed by atoms with Crippen LogP contribution in [-0.4, -0.2) is 54.6 Å². The molecule has 2 aromatic carbocycles. The van der Waals surface area contributed by atoms with Gasteiger partial charge in [-0.25, -0.2) is 0 Å². The summed E-state index contributed by atoms with van der Waals surface area (Å²) in [5.41, 5.74) is 0.875. The maximum absolute atomic E-state index is 13.2. The lowest BCUT2D eigenvalue weighted by Crippen LogP contribution is -2.43. The number of fused-ring (bicyclic) bond motifs is 1. The van der Waals surface area contributed by atoms with Crippen molar-refractivity contribution in [3.05, 3.63) is 58.1 Å². The molecule has 0 radical (unpaired) electrons. The SMILES string of the molecule is CCN(CC1COc2ccccc2O1)C(=O)c1ccc(N2CCC(C)CC2)c([N+](=O)[O-])c1. The Morgan fingerprint density at radius 3 is 2.59 bits per heavy atom. The second kappa shape index (κ2) is 9.46. The van der Waals surface area contributed by atoms with E-state index in [0.717, 1.165) is 25.9 Å². The molecule has 32 heavy (non-hydrogen) atoms. The van der Waals surface area contributed by atoms with E-state index in [2.05, 4.69) is 11.8 Å². The van der Waals surface area contributed by atoms with Crippen molar-refractivity contribution in [2.75, 3.05) is 37.7 Å². The predicted octanol–water partition coefficient (Wildman–Crippen LogP) is 4.13. The molecule has 2 aliphatic rings. The maximum atomic E-state index is 13.2. The molecule has 0 spiro atoms. The van der Waals surface area contributed by atoms with Crippen molar-refractivity contribution >= 4 is 17.3 Å². The van der Waals surface area contributed by atoms with E-state index in [-0.39, 0.29) is 17.7 Å². The van der Waals surface area contributed by atoms with Gasteiger partial charge >= 0.3 is 0 Å². The highest BCUT2D eigenvalue weighted by Crippen LogP contribution is 2.33. The van der Waals surface area contributed by atoms with E-state index in [1.165, 1.54) is 6.07 Å². The smallest absolute Gasteiger partial charge is 0.293 e. The fourth-order valence-corrected chi connectivity index (χ4v) is 4.26. The lowest BCUT2D eigenvalue weighted by atomic mass is 9.98. The molecule has 1 amide bonds. The van der Waals surface area contributed by atoms with Crippen molar-refractivity contribution in [2.45, 2.75) is 32.8 Å². The van der Waals surface area contributed by atoms with Gasteiger partial charge in [0.15, 0.2) is 17.6 Å². The summed E-state index contributed by atoms with van der Waals surface area (Å²) in [6.45, 7) is 6.80. The van der Waals surface area contributed by atoms with Crippen LogP contribution in [0.5, 0.6) is 11.5 Å². The van der Waals surface area contributed by atoms with E-state index in [1.807, 2.05) is 31.2 Å². The number of amides is 1. The largest absolute Gasteiger partial charge is 0.486 e. The first-order valence-electron chi connectivity index (χ1n) is 11.2. The van der Waals surface area contributed by atoms with Gasteiger partial charge in [0.05, 0.1) is 11.5 Å². The monoisotopic (exact) mass is 439 g/mol. The van der Waals surface area contributed by atoms with Gasteiger partial charge in [0.25, 0.3) is 11.6 Å². The quantitative estimate of drug-likeness (QED) is 0.497. The molecule has 1 unspecified atom stereocenters. The number of nitro groups is 1. The zero-order chi connectivity index (χ0) is 22.7. The topological polar surface area (TPSA) is 85.2 Å². The molecular weight excluding hydrogens is 410 g/mol. The summed E-state index contributed by atoms with van der Waals surface area (Å²) in [7, 11) is 0. The van der Waals surface area contributed by atoms with Gasteiger partial charge in [0.2, 0.25) is 0 Å². The summed E-state index contributed by atoms with van der Waals surface area (Å²) < 4.78 is 11.7. The molecule has 0 N–H and O–H groups in total. The van der Waals surface area contributed by atoms with Gasteiger partial charge in [-0.1, -0.05) is 19.1 Å². The van der Waals surface area contributed by atoms with E-state index >= 15 is 0 Å². The number of benzene rings is 2. The first-order valence-corrected chi connectivity index (χ1v) is 11.2. The summed E-state index contributed by atoms with van der Waals surface area (Å²) in [4.78, 5) is 28.3. The van der Waals surface area contributed by atoms with Crippen LogP contribution in [0.15, 0.2) is 42.5 Å². The van der Waals surface area contributed by atoms with Crippen molar-refractivity contribution in [3.63, 3.8) is 0 Å². The second-order valence-electron chi connectivity index (χ2n) is 8.47. The van der Waals surface area contributed by atoms with E-state index < -0.39 is 4.92 Å². The summed E-state index contributed by atoms with van der Waals surface area (Å²) in [6.07, 6.45) is 1.71. The number of likely N-dealkylation sites (N-methyl/N-ethyl adjacent to an activating group) is 1. The van der Waals surface area contributed by atoms with E-state index in [9.17, 15) is 14.9 Å². The third kappa shape index (κ3) is 4.64. The van der Waals surface area contributed by atoms with Gasteiger partial charge in [0.1, 0.15) is 12.3 Å². The molecular formula is C24H29N3O5. The Morgan fingerprint density at radius 2 is 1.91 bits per heavy atom. The fraction of sp³-hybridized carbons (Fsp3) is 0.458. The number of carbonyl (C=O) groups excluding carboxylic acids is 1. The van der Waals surface area contributed by atoms with Crippen LogP contribution < -0.4 is 14.4 Å². The molecule has 8 nitrogen and oxygen atoms in total. The van der Waals surface area contributed by atoms with Crippen LogP contribution in [-0.2, 0) is 0 Å². The average Bonchev–Trinajstić information content (AvgIpc) is 2.82. The van der Waals surface area contributed by atoms with Crippen LogP contribution >= 0.6 is 0 Å². The van der Waals surface area contributed by atoms with Crippen molar-refractivity contribution < 1.29 is 19.2 Å². The first-order chi connectivity index (χ1) is 15.5. The lowest BCUT2D eigenvalue weighted by molar-refractivity contribution is -0.384. The normalized spacial score (nSPS) is 18.3. The van der Waals surface area contributed by atoms with Gasteiger partial charge in [0, 0.05) is 31.3 Å². The van der Waals surface area contributed by atoms with E-state index in [0.29, 0.717) is 48.4 Å². The minimum absolute atomic E-state index is 0.0207. The zero-order valence-electron chi connectivity index (χ0n) is 18.5. The molecule has 0 aliphatic carbocycles. The molecule has 1 atom stereocenters. The molecule has 0 saturated carbocycles. The van der Waals surface area contributed by atoms with Crippen LogP contribution in [0.2, 0.25) is 0 Å². The van der Waals surface area contributed by atoms with Crippen molar-refractivity contribution in [1.82, 2.24) is 4.90 Å². The number of piperidine rings is 1. The van der Waals surface area contributed by atoms with Gasteiger partial charge < -0.3 is 19.3 Å². The number of anilines is 1. The van der Waals surface area contributed by atoms with Crippen LogP contribution in [0.4, 0.5) is 11.4 Å². The number of hydrogen-bond acceptors (Lipinski definition) is 6. The highest BCUT2D eigenvalue weighted by molar-refractivity contribution is 5.95. The Kier molecular flexibility index (Phi) is 6.48. The molecule has 2 aliphatic heterocycles. The third-order valence-corrected chi connectivity index (χ3v) is 6.20.